The molecular formula is C19H20ClNO3. The number of esters is 1. The van der Waals surface area contributed by atoms with E-state index in [1.807, 2.05) is 18.2 Å². The highest BCUT2D eigenvalue weighted by Crippen LogP contribution is 2.15. The molecule has 2 aromatic carbocycles. The zero-order chi connectivity index (χ0) is 17.2. The topological polar surface area (TPSA) is 55.4 Å². The fraction of sp³-hybridized carbons (Fsp3) is 0.263. The number of nitrogens with one attached hydrogen (secondary N) is 1. The number of hydrogen-bond donors (Lipinski definition) is 1. The van der Waals surface area contributed by atoms with Crippen LogP contribution in [0.5, 0.6) is 0 Å². The summed E-state index contributed by atoms with van der Waals surface area (Å²) < 4.78 is 4.97. The third kappa shape index (κ3) is 6.42. The van der Waals surface area contributed by atoms with Gasteiger partial charge in [0.05, 0.1) is 6.42 Å². The van der Waals surface area contributed by atoms with Crippen molar-refractivity contribution in [2.24, 2.45) is 0 Å². The number of rotatable bonds is 8. The number of hydrogen-bond acceptors (Lipinski definition) is 3. The van der Waals surface area contributed by atoms with Crippen LogP contribution in [0.1, 0.15) is 17.5 Å². The molecule has 0 fully saturated rings. The van der Waals surface area contributed by atoms with Crippen LogP contribution in [0.4, 0.5) is 0 Å². The van der Waals surface area contributed by atoms with E-state index in [0.717, 1.165) is 12.8 Å². The Bertz CT molecular complexity index is 673. The zero-order valence-electron chi connectivity index (χ0n) is 13.3. The molecule has 0 aromatic heterocycles. The molecule has 0 aliphatic carbocycles. The summed E-state index contributed by atoms with van der Waals surface area (Å²) in [5.74, 6) is -0.766. The summed E-state index contributed by atoms with van der Waals surface area (Å²) in [6.07, 6.45) is 1.79. The molecule has 0 saturated heterocycles. The summed E-state index contributed by atoms with van der Waals surface area (Å²) >= 11 is 5.98. The van der Waals surface area contributed by atoms with Gasteiger partial charge < -0.3 is 10.1 Å². The lowest BCUT2D eigenvalue weighted by molar-refractivity contribution is -0.147. The normalized spacial score (nSPS) is 10.2. The van der Waals surface area contributed by atoms with Crippen LogP contribution >= 0.6 is 11.6 Å². The van der Waals surface area contributed by atoms with E-state index in [1.54, 1.807) is 24.3 Å². The number of benzene rings is 2. The first kappa shape index (κ1) is 18.0. The molecule has 24 heavy (non-hydrogen) atoms. The maximum absolute atomic E-state index is 11.7. The van der Waals surface area contributed by atoms with E-state index in [0.29, 0.717) is 17.1 Å². The van der Waals surface area contributed by atoms with E-state index in [1.165, 1.54) is 5.56 Å². The summed E-state index contributed by atoms with van der Waals surface area (Å²) in [7, 11) is 0. The van der Waals surface area contributed by atoms with Gasteiger partial charge in [0.25, 0.3) is 5.91 Å². The van der Waals surface area contributed by atoms with Gasteiger partial charge in [-0.25, -0.2) is 0 Å². The second-order valence-corrected chi connectivity index (χ2v) is 5.78. The van der Waals surface area contributed by atoms with Gasteiger partial charge in [-0.2, -0.15) is 0 Å². The quantitative estimate of drug-likeness (QED) is 0.590. The number of aryl methyl sites for hydroxylation is 1. The van der Waals surface area contributed by atoms with E-state index in [9.17, 15) is 9.59 Å². The van der Waals surface area contributed by atoms with Crippen LogP contribution in [0.2, 0.25) is 5.02 Å². The van der Waals surface area contributed by atoms with Crippen LogP contribution in [0.3, 0.4) is 0 Å². The summed E-state index contributed by atoms with van der Waals surface area (Å²) in [6.45, 7) is 0.282. The Kier molecular flexibility index (Phi) is 7.30. The largest absolute Gasteiger partial charge is 0.455 e. The van der Waals surface area contributed by atoms with Gasteiger partial charge in [0, 0.05) is 11.6 Å². The van der Waals surface area contributed by atoms with E-state index in [-0.39, 0.29) is 18.9 Å². The highest BCUT2D eigenvalue weighted by atomic mass is 35.5. The average molecular weight is 346 g/mol. The highest BCUT2D eigenvalue weighted by Gasteiger charge is 2.10. The SMILES string of the molecule is O=C(COC(=O)Cc1ccccc1Cl)NCCCc1ccccc1. The number of amides is 1. The Hall–Kier alpha value is -2.33. The minimum absolute atomic E-state index is 0.0565. The first-order valence-corrected chi connectivity index (χ1v) is 8.22. The maximum Gasteiger partial charge on any atom is 0.310 e. The number of ether oxygens (including phenoxy) is 1. The second-order valence-electron chi connectivity index (χ2n) is 5.37. The first-order chi connectivity index (χ1) is 11.6. The zero-order valence-corrected chi connectivity index (χ0v) is 14.1. The predicted molar refractivity (Wildman–Crippen MR) is 93.9 cm³/mol. The lowest BCUT2D eigenvalue weighted by atomic mass is 10.1. The van der Waals surface area contributed by atoms with Crippen molar-refractivity contribution in [1.29, 1.82) is 0 Å². The molecule has 1 amide bonds. The summed E-state index contributed by atoms with van der Waals surface area (Å²) in [6, 6.07) is 17.1. The van der Waals surface area contributed by atoms with Crippen LogP contribution in [0.15, 0.2) is 54.6 Å². The van der Waals surface area contributed by atoms with Crippen LogP contribution in [-0.2, 0) is 27.2 Å². The van der Waals surface area contributed by atoms with E-state index in [4.69, 9.17) is 16.3 Å². The van der Waals surface area contributed by atoms with Gasteiger partial charge in [0.1, 0.15) is 0 Å². The summed E-state index contributed by atoms with van der Waals surface area (Å²) in [5.41, 5.74) is 1.92. The lowest BCUT2D eigenvalue weighted by Gasteiger charge is -2.07. The van der Waals surface area contributed by atoms with Crippen molar-refractivity contribution in [3.05, 3.63) is 70.7 Å². The van der Waals surface area contributed by atoms with Gasteiger partial charge in [-0.1, -0.05) is 60.1 Å². The molecule has 2 aromatic rings. The molecule has 0 aliphatic heterocycles. The molecule has 0 bridgehead atoms. The number of halogens is 1. The third-order valence-electron chi connectivity index (χ3n) is 3.46. The molecule has 4 nitrogen and oxygen atoms in total. The fourth-order valence-electron chi connectivity index (χ4n) is 2.21. The van der Waals surface area contributed by atoms with Crippen LogP contribution in [0, 0.1) is 0 Å². The number of carbonyl (C=O) groups is 2. The molecule has 126 valence electrons. The average Bonchev–Trinajstić information content (AvgIpc) is 2.60. The molecule has 0 aliphatic rings. The highest BCUT2D eigenvalue weighted by molar-refractivity contribution is 6.31. The predicted octanol–water partition coefficient (Wildman–Crippen LogP) is 3.17. The van der Waals surface area contributed by atoms with E-state index < -0.39 is 5.97 Å². The second kappa shape index (κ2) is 9.73. The summed E-state index contributed by atoms with van der Waals surface area (Å²) in [5, 5.41) is 3.26. The molecule has 0 saturated carbocycles. The smallest absolute Gasteiger partial charge is 0.310 e. The Morgan fingerprint density at radius 1 is 1.00 bits per heavy atom. The van der Waals surface area contributed by atoms with Crippen molar-refractivity contribution < 1.29 is 14.3 Å². The minimum Gasteiger partial charge on any atom is -0.455 e. The molecule has 2 rings (SSSR count). The van der Waals surface area contributed by atoms with Crippen molar-refractivity contribution in [2.45, 2.75) is 19.3 Å². The van der Waals surface area contributed by atoms with Gasteiger partial charge in [0.15, 0.2) is 6.61 Å². The van der Waals surface area contributed by atoms with Crippen molar-refractivity contribution >= 4 is 23.5 Å². The Balaban J connectivity index is 1.60. The minimum atomic E-state index is -0.470. The molecule has 1 N–H and O–H groups in total. The van der Waals surface area contributed by atoms with Crippen LogP contribution < -0.4 is 5.32 Å². The maximum atomic E-state index is 11.7. The molecule has 0 unspecified atom stereocenters. The van der Waals surface area contributed by atoms with E-state index in [2.05, 4.69) is 17.4 Å². The van der Waals surface area contributed by atoms with Crippen molar-refractivity contribution in [3.63, 3.8) is 0 Å². The Labute approximate surface area is 146 Å². The molecular weight excluding hydrogens is 326 g/mol. The van der Waals surface area contributed by atoms with Crippen molar-refractivity contribution in [3.8, 4) is 0 Å². The number of carbonyl (C=O) groups excluding carboxylic acids is 2. The van der Waals surface area contributed by atoms with Crippen molar-refractivity contribution in [2.75, 3.05) is 13.2 Å². The molecule has 0 spiro atoms. The monoisotopic (exact) mass is 345 g/mol. The van der Waals surface area contributed by atoms with E-state index >= 15 is 0 Å². The Morgan fingerprint density at radius 3 is 2.46 bits per heavy atom. The lowest BCUT2D eigenvalue weighted by Crippen LogP contribution is -2.30. The molecule has 5 heteroatoms. The first-order valence-electron chi connectivity index (χ1n) is 7.85. The molecule has 0 heterocycles. The van der Waals surface area contributed by atoms with Gasteiger partial charge in [0.2, 0.25) is 0 Å². The fourth-order valence-corrected chi connectivity index (χ4v) is 2.41. The standard InChI is InChI=1S/C19H20ClNO3/c20-17-11-5-4-10-16(17)13-19(23)24-14-18(22)21-12-6-9-15-7-2-1-3-8-15/h1-5,7-8,10-11H,6,9,12-14H2,(H,21,22). The van der Waals surface area contributed by atoms with Gasteiger partial charge >= 0.3 is 5.97 Å². The van der Waals surface area contributed by atoms with Gasteiger partial charge in [-0.15, -0.1) is 0 Å². The van der Waals surface area contributed by atoms with Crippen molar-refractivity contribution in [1.82, 2.24) is 5.32 Å². The summed E-state index contributed by atoms with van der Waals surface area (Å²) in [4.78, 5) is 23.4. The van der Waals surface area contributed by atoms with Gasteiger partial charge in [-0.3, -0.25) is 9.59 Å². The Morgan fingerprint density at radius 2 is 1.71 bits per heavy atom. The molecule has 0 atom stereocenters. The van der Waals surface area contributed by atoms with Crippen LogP contribution in [0.25, 0.3) is 0 Å². The van der Waals surface area contributed by atoms with Crippen LogP contribution in [-0.4, -0.2) is 25.0 Å². The molecule has 0 radical (unpaired) electrons. The third-order valence-corrected chi connectivity index (χ3v) is 3.83. The van der Waals surface area contributed by atoms with Gasteiger partial charge in [-0.05, 0) is 30.0 Å².